The maximum Gasteiger partial charge on any atom is 0.255 e. The smallest absolute Gasteiger partial charge is 0.255 e. The maximum absolute atomic E-state index is 12.7. The lowest BCUT2D eigenvalue weighted by Gasteiger charge is -2.17. The van der Waals surface area contributed by atoms with Crippen molar-refractivity contribution in [2.45, 2.75) is 12.8 Å². The molecule has 5 N–H and O–H groups in total. The molecule has 2 aliphatic heterocycles. The third kappa shape index (κ3) is 4.53. The van der Waals surface area contributed by atoms with Crippen LogP contribution in [0.4, 0.5) is 11.4 Å². The first-order valence-electron chi connectivity index (χ1n) is 9.92. The van der Waals surface area contributed by atoms with Crippen LogP contribution in [0.3, 0.4) is 0 Å². The third-order valence-electron chi connectivity index (χ3n) is 5.38. The monoisotopic (exact) mass is 408 g/mol. The van der Waals surface area contributed by atoms with E-state index in [1.807, 2.05) is 30.3 Å². The highest BCUT2D eigenvalue weighted by molar-refractivity contribution is 6.32. The molecule has 0 aromatic heterocycles. The van der Waals surface area contributed by atoms with E-state index in [1.165, 1.54) is 11.1 Å². The number of hydrogen-bond donors (Lipinski definition) is 4. The standard InChI is InChI=1S/C23H25ClN4O/c24-20-13-18(1-3-19(20)16-7-11-27-12-8-16)23(29)28-22-4-2-17(14-21(22)25)15-5-9-26-10-6-15/h1-5,7,13-14,26-27H,6,8-12,25H2,(H,28,29). The molecule has 5 nitrogen and oxygen atoms in total. The van der Waals surface area contributed by atoms with E-state index in [4.69, 9.17) is 17.3 Å². The van der Waals surface area contributed by atoms with Gasteiger partial charge in [0.1, 0.15) is 0 Å². The summed E-state index contributed by atoms with van der Waals surface area (Å²) in [5.74, 6) is -0.224. The van der Waals surface area contributed by atoms with Gasteiger partial charge in [0.05, 0.1) is 11.4 Å². The number of benzene rings is 2. The van der Waals surface area contributed by atoms with Gasteiger partial charge in [0.25, 0.3) is 5.91 Å². The summed E-state index contributed by atoms with van der Waals surface area (Å²) >= 11 is 6.47. The predicted molar refractivity (Wildman–Crippen MR) is 121 cm³/mol. The van der Waals surface area contributed by atoms with E-state index in [9.17, 15) is 4.79 Å². The zero-order chi connectivity index (χ0) is 20.2. The van der Waals surface area contributed by atoms with Crippen LogP contribution < -0.4 is 21.7 Å². The minimum absolute atomic E-state index is 0.224. The zero-order valence-corrected chi connectivity index (χ0v) is 17.0. The average molecular weight is 409 g/mol. The Morgan fingerprint density at radius 1 is 0.966 bits per heavy atom. The number of amides is 1. The van der Waals surface area contributed by atoms with Crippen molar-refractivity contribution in [1.29, 1.82) is 0 Å². The second kappa shape index (κ2) is 8.82. The molecule has 2 heterocycles. The normalized spacial score (nSPS) is 16.7. The van der Waals surface area contributed by atoms with E-state index in [-0.39, 0.29) is 5.91 Å². The lowest BCUT2D eigenvalue weighted by Crippen LogP contribution is -2.20. The van der Waals surface area contributed by atoms with Crippen LogP contribution in [0.15, 0.2) is 48.6 Å². The molecule has 2 aliphatic rings. The summed E-state index contributed by atoms with van der Waals surface area (Å²) in [6, 6.07) is 11.2. The SMILES string of the molecule is Nc1cc(C2=CCNCC2)ccc1NC(=O)c1ccc(C2=CCNCC2)c(Cl)c1. The number of nitrogen functional groups attached to an aromatic ring is 1. The van der Waals surface area contributed by atoms with Gasteiger partial charge >= 0.3 is 0 Å². The molecule has 0 unspecified atom stereocenters. The quantitative estimate of drug-likeness (QED) is 0.578. The van der Waals surface area contributed by atoms with Gasteiger partial charge in [0.15, 0.2) is 0 Å². The van der Waals surface area contributed by atoms with Gasteiger partial charge in [-0.25, -0.2) is 0 Å². The topological polar surface area (TPSA) is 79.2 Å². The summed E-state index contributed by atoms with van der Waals surface area (Å²) in [5.41, 5.74) is 12.5. The number of rotatable bonds is 4. The zero-order valence-electron chi connectivity index (χ0n) is 16.2. The van der Waals surface area contributed by atoms with Crippen LogP contribution in [0.5, 0.6) is 0 Å². The minimum Gasteiger partial charge on any atom is -0.397 e. The summed E-state index contributed by atoms with van der Waals surface area (Å²) in [5, 5.41) is 10.1. The van der Waals surface area contributed by atoms with Gasteiger partial charge in [-0.1, -0.05) is 35.9 Å². The van der Waals surface area contributed by atoms with Crippen molar-refractivity contribution in [3.05, 3.63) is 70.3 Å². The molecule has 0 radical (unpaired) electrons. The van der Waals surface area contributed by atoms with Crippen LogP contribution in [0, 0.1) is 0 Å². The first-order valence-corrected chi connectivity index (χ1v) is 10.3. The molecule has 6 heteroatoms. The summed E-state index contributed by atoms with van der Waals surface area (Å²) in [4.78, 5) is 12.7. The number of carbonyl (C=O) groups excluding carboxylic acids is 1. The minimum atomic E-state index is -0.224. The Kier molecular flexibility index (Phi) is 6.00. The molecular formula is C23H25ClN4O. The van der Waals surface area contributed by atoms with Gasteiger partial charge < -0.3 is 21.7 Å². The van der Waals surface area contributed by atoms with Crippen molar-refractivity contribution < 1.29 is 4.79 Å². The van der Waals surface area contributed by atoms with Crippen LogP contribution >= 0.6 is 11.6 Å². The van der Waals surface area contributed by atoms with E-state index in [0.717, 1.165) is 50.1 Å². The molecule has 0 spiro atoms. The fraction of sp³-hybridized carbons (Fsp3) is 0.261. The largest absolute Gasteiger partial charge is 0.397 e. The van der Waals surface area contributed by atoms with Gasteiger partial charge in [0, 0.05) is 23.7 Å². The average Bonchev–Trinajstić information content (AvgIpc) is 2.76. The first kappa shape index (κ1) is 19.7. The molecule has 4 rings (SSSR count). The summed E-state index contributed by atoms with van der Waals surface area (Å²) in [6.07, 6.45) is 6.23. The van der Waals surface area contributed by atoms with Crippen molar-refractivity contribution in [1.82, 2.24) is 10.6 Å². The number of hydrogen-bond acceptors (Lipinski definition) is 4. The molecule has 0 saturated heterocycles. The summed E-state index contributed by atoms with van der Waals surface area (Å²) in [7, 11) is 0. The van der Waals surface area contributed by atoms with E-state index >= 15 is 0 Å². The Morgan fingerprint density at radius 3 is 2.31 bits per heavy atom. The molecule has 0 fully saturated rings. The van der Waals surface area contributed by atoms with Crippen molar-refractivity contribution in [2.24, 2.45) is 0 Å². The Labute approximate surface area is 176 Å². The number of nitrogens with one attached hydrogen (secondary N) is 3. The highest BCUT2D eigenvalue weighted by Gasteiger charge is 2.14. The highest BCUT2D eigenvalue weighted by Crippen LogP contribution is 2.30. The van der Waals surface area contributed by atoms with E-state index in [0.29, 0.717) is 22.0 Å². The third-order valence-corrected chi connectivity index (χ3v) is 5.69. The first-order chi connectivity index (χ1) is 14.1. The van der Waals surface area contributed by atoms with Crippen molar-refractivity contribution in [3.8, 4) is 0 Å². The highest BCUT2D eigenvalue weighted by atomic mass is 35.5. The molecule has 0 atom stereocenters. The number of carbonyl (C=O) groups is 1. The molecule has 0 saturated carbocycles. The van der Waals surface area contributed by atoms with Crippen molar-refractivity contribution in [3.63, 3.8) is 0 Å². The molecule has 2 aromatic rings. The number of anilines is 2. The van der Waals surface area contributed by atoms with Crippen molar-refractivity contribution in [2.75, 3.05) is 37.2 Å². The predicted octanol–water partition coefficient (Wildman–Crippen LogP) is 3.93. The molecule has 150 valence electrons. The van der Waals surface area contributed by atoms with Crippen molar-refractivity contribution >= 4 is 40.0 Å². The summed E-state index contributed by atoms with van der Waals surface area (Å²) < 4.78 is 0. The second-order valence-electron chi connectivity index (χ2n) is 7.32. The van der Waals surface area contributed by atoms with E-state index < -0.39 is 0 Å². The van der Waals surface area contributed by atoms with E-state index in [2.05, 4.69) is 28.1 Å². The Balaban J connectivity index is 1.50. The van der Waals surface area contributed by atoms with Gasteiger partial charge in [0.2, 0.25) is 0 Å². The molecular weight excluding hydrogens is 384 g/mol. The van der Waals surface area contributed by atoms with Crippen LogP contribution in [0.2, 0.25) is 5.02 Å². The van der Waals surface area contributed by atoms with Crippen LogP contribution in [0.25, 0.3) is 11.1 Å². The van der Waals surface area contributed by atoms with Crippen LogP contribution in [-0.4, -0.2) is 32.1 Å². The van der Waals surface area contributed by atoms with Crippen LogP contribution in [-0.2, 0) is 0 Å². The van der Waals surface area contributed by atoms with Gasteiger partial charge in [-0.05, 0) is 72.5 Å². The second-order valence-corrected chi connectivity index (χ2v) is 7.72. The van der Waals surface area contributed by atoms with E-state index in [1.54, 1.807) is 6.07 Å². The Morgan fingerprint density at radius 2 is 1.69 bits per heavy atom. The van der Waals surface area contributed by atoms with Gasteiger partial charge in [-0.3, -0.25) is 4.79 Å². The Bertz CT molecular complexity index is 996. The van der Waals surface area contributed by atoms with Gasteiger partial charge in [-0.2, -0.15) is 0 Å². The Hall–Kier alpha value is -2.60. The molecule has 0 aliphatic carbocycles. The number of halogens is 1. The molecule has 29 heavy (non-hydrogen) atoms. The fourth-order valence-electron chi connectivity index (χ4n) is 3.74. The maximum atomic E-state index is 12.7. The van der Waals surface area contributed by atoms with Crippen LogP contribution in [0.1, 0.15) is 34.3 Å². The molecule has 0 bridgehead atoms. The lowest BCUT2D eigenvalue weighted by atomic mass is 9.98. The fourth-order valence-corrected chi connectivity index (χ4v) is 4.04. The lowest BCUT2D eigenvalue weighted by molar-refractivity contribution is 0.102. The summed E-state index contributed by atoms with van der Waals surface area (Å²) in [6.45, 7) is 3.62. The molecule has 1 amide bonds. The number of nitrogens with two attached hydrogens (primary N) is 1. The van der Waals surface area contributed by atoms with Gasteiger partial charge in [-0.15, -0.1) is 0 Å². The molecule has 2 aromatic carbocycles.